The first-order valence-corrected chi connectivity index (χ1v) is 7.05. The summed E-state index contributed by atoms with van der Waals surface area (Å²) in [5.41, 5.74) is 1.27. The number of amides is 2. The van der Waals surface area contributed by atoms with Crippen molar-refractivity contribution in [2.45, 2.75) is 26.7 Å². The minimum atomic E-state index is -0.318. The van der Waals surface area contributed by atoms with Crippen LogP contribution in [0.1, 0.15) is 25.5 Å². The highest BCUT2D eigenvalue weighted by Gasteiger charge is 2.23. The molecule has 21 heavy (non-hydrogen) atoms. The van der Waals surface area contributed by atoms with Gasteiger partial charge in [0.05, 0.1) is 11.4 Å². The molecule has 0 bridgehead atoms. The second-order valence-electron chi connectivity index (χ2n) is 4.81. The summed E-state index contributed by atoms with van der Waals surface area (Å²) in [7, 11) is 0. The van der Waals surface area contributed by atoms with Crippen LogP contribution in [0.4, 0.5) is 16.2 Å². The molecule has 0 aliphatic heterocycles. The third kappa shape index (κ3) is 3.34. The average molecular weight is 288 g/mol. The van der Waals surface area contributed by atoms with Crippen LogP contribution in [0.3, 0.4) is 0 Å². The topological polar surface area (TPSA) is 81.0 Å². The lowest BCUT2D eigenvalue weighted by molar-refractivity contribution is 0.248. The maximum Gasteiger partial charge on any atom is 0.326 e. The van der Waals surface area contributed by atoms with Gasteiger partial charge in [-0.05, 0) is 25.5 Å². The van der Waals surface area contributed by atoms with Crippen LogP contribution in [0, 0.1) is 6.92 Å². The lowest BCUT2D eigenvalue weighted by Crippen LogP contribution is -2.39. The second kappa shape index (κ2) is 6.78. The third-order valence-electron chi connectivity index (χ3n) is 3.18. The Balaban J connectivity index is 2.36. The maximum atomic E-state index is 12.5. The van der Waals surface area contributed by atoms with Gasteiger partial charge >= 0.3 is 6.03 Å². The zero-order valence-electron chi connectivity index (χ0n) is 12.3. The highest BCUT2D eigenvalue weighted by molar-refractivity contribution is 5.99. The average Bonchev–Trinajstić information content (AvgIpc) is 2.81. The number of carbonyl (C=O) groups excluding carboxylic acids is 1. The van der Waals surface area contributed by atoms with Crippen molar-refractivity contribution in [3.05, 3.63) is 46.4 Å². The number of hydrogen-bond acceptors (Lipinski definition) is 2. The van der Waals surface area contributed by atoms with Crippen molar-refractivity contribution in [1.29, 1.82) is 0 Å². The van der Waals surface area contributed by atoms with Gasteiger partial charge in [-0.1, -0.05) is 31.5 Å². The number of carbonyl (C=O) groups is 1. The number of nitrogens with zero attached hydrogens (tertiary/aromatic N) is 1. The highest BCUT2D eigenvalue weighted by atomic mass is 16.2. The van der Waals surface area contributed by atoms with E-state index >= 15 is 0 Å². The molecule has 0 aliphatic carbocycles. The predicted molar refractivity (Wildman–Crippen MR) is 83.0 cm³/mol. The molecule has 6 heteroatoms. The summed E-state index contributed by atoms with van der Waals surface area (Å²) in [5, 5.41) is 8.10. The molecule has 1 aromatic carbocycles. The zero-order chi connectivity index (χ0) is 15.2. The van der Waals surface area contributed by atoms with Gasteiger partial charge in [0.15, 0.2) is 0 Å². The van der Waals surface area contributed by atoms with Gasteiger partial charge in [0.2, 0.25) is 0 Å². The number of H-pyrrole nitrogens is 2. The quantitative estimate of drug-likeness (QED) is 0.739. The van der Waals surface area contributed by atoms with E-state index in [9.17, 15) is 9.59 Å². The molecule has 0 fully saturated rings. The minimum Gasteiger partial charge on any atom is -0.337 e. The summed E-state index contributed by atoms with van der Waals surface area (Å²) in [6, 6.07) is 8.82. The van der Waals surface area contributed by atoms with Crippen LogP contribution >= 0.6 is 0 Å². The molecule has 1 aromatic heterocycles. The first kappa shape index (κ1) is 14.9. The highest BCUT2D eigenvalue weighted by Crippen LogP contribution is 2.24. The fourth-order valence-electron chi connectivity index (χ4n) is 2.08. The van der Waals surface area contributed by atoms with Crippen LogP contribution < -0.4 is 15.8 Å². The van der Waals surface area contributed by atoms with Gasteiger partial charge in [-0.2, -0.15) is 0 Å². The minimum absolute atomic E-state index is 0.303. The van der Waals surface area contributed by atoms with Crippen LogP contribution in [-0.2, 0) is 0 Å². The largest absolute Gasteiger partial charge is 0.337 e. The predicted octanol–water partition coefficient (Wildman–Crippen LogP) is 2.66. The Morgan fingerprint density at radius 1 is 1.24 bits per heavy atom. The molecule has 112 valence electrons. The van der Waals surface area contributed by atoms with Crippen molar-refractivity contribution in [3.63, 3.8) is 0 Å². The van der Waals surface area contributed by atoms with Crippen molar-refractivity contribution < 1.29 is 4.79 Å². The molecule has 0 saturated carbocycles. The van der Waals surface area contributed by atoms with Gasteiger partial charge in [0.1, 0.15) is 5.69 Å². The Hall–Kier alpha value is -2.50. The molecule has 0 unspecified atom stereocenters. The molecule has 1 heterocycles. The molecule has 2 rings (SSSR count). The smallest absolute Gasteiger partial charge is 0.326 e. The fourth-order valence-corrected chi connectivity index (χ4v) is 2.08. The number of rotatable bonds is 5. The van der Waals surface area contributed by atoms with Crippen LogP contribution in [0.15, 0.2) is 35.1 Å². The molecule has 2 aromatic rings. The van der Waals surface area contributed by atoms with Gasteiger partial charge in [0.25, 0.3) is 5.56 Å². The van der Waals surface area contributed by atoms with Crippen LogP contribution in [-0.4, -0.2) is 22.8 Å². The van der Waals surface area contributed by atoms with E-state index in [0.717, 1.165) is 12.8 Å². The van der Waals surface area contributed by atoms with E-state index in [2.05, 4.69) is 22.4 Å². The Kier molecular flexibility index (Phi) is 4.81. The first-order valence-electron chi connectivity index (χ1n) is 7.05. The summed E-state index contributed by atoms with van der Waals surface area (Å²) in [6.45, 7) is 4.39. The van der Waals surface area contributed by atoms with Gasteiger partial charge < -0.3 is 10.4 Å². The Labute approximate surface area is 123 Å². The first-order chi connectivity index (χ1) is 10.1. The summed E-state index contributed by atoms with van der Waals surface area (Å²) in [4.78, 5) is 25.9. The van der Waals surface area contributed by atoms with E-state index in [-0.39, 0.29) is 11.6 Å². The van der Waals surface area contributed by atoms with Crippen molar-refractivity contribution in [1.82, 2.24) is 15.5 Å². The number of nitrogens with one attached hydrogen (secondary N) is 3. The van der Waals surface area contributed by atoms with E-state index < -0.39 is 0 Å². The van der Waals surface area contributed by atoms with Crippen molar-refractivity contribution in [3.8, 4) is 0 Å². The van der Waals surface area contributed by atoms with E-state index in [1.807, 2.05) is 18.2 Å². The standard InChI is InChI=1S/C15H20N4O2/c1-3-4-10-16-15(21)19(12-8-6-5-7-9-12)13-11(2)17-18-14(13)20/h5-9H,3-4,10H2,1-2H3,(H,16,21)(H2,17,18,20). The van der Waals surface area contributed by atoms with Gasteiger partial charge in [0, 0.05) is 6.54 Å². The molecular formula is C15H20N4O2. The SMILES string of the molecule is CCCCNC(=O)N(c1ccccc1)c1c(C)[nH][nH]c1=O. The van der Waals surface area contributed by atoms with Gasteiger partial charge in [-0.15, -0.1) is 0 Å². The Morgan fingerprint density at radius 2 is 1.95 bits per heavy atom. The molecule has 3 N–H and O–H groups in total. The van der Waals surface area contributed by atoms with Crippen LogP contribution in [0.2, 0.25) is 0 Å². The monoisotopic (exact) mass is 288 g/mol. The maximum absolute atomic E-state index is 12.5. The molecule has 0 saturated heterocycles. The summed E-state index contributed by atoms with van der Waals surface area (Å²) in [6.07, 6.45) is 1.90. The summed E-state index contributed by atoms with van der Waals surface area (Å²) in [5.74, 6) is 0. The Morgan fingerprint density at radius 3 is 2.52 bits per heavy atom. The molecule has 0 aliphatic rings. The molecule has 0 spiro atoms. The summed E-state index contributed by atoms with van der Waals surface area (Å²) >= 11 is 0. The van der Waals surface area contributed by atoms with Crippen molar-refractivity contribution in [2.24, 2.45) is 0 Å². The van der Waals surface area contributed by atoms with Gasteiger partial charge in [-0.25, -0.2) is 4.79 Å². The summed E-state index contributed by atoms with van der Waals surface area (Å²) < 4.78 is 0. The van der Waals surface area contributed by atoms with Crippen LogP contribution in [0.25, 0.3) is 0 Å². The van der Waals surface area contributed by atoms with E-state index in [4.69, 9.17) is 0 Å². The zero-order valence-corrected chi connectivity index (χ0v) is 12.3. The number of benzene rings is 1. The number of anilines is 2. The van der Waals surface area contributed by atoms with Crippen LogP contribution in [0.5, 0.6) is 0 Å². The Bertz CT molecular complexity index is 645. The molecule has 6 nitrogen and oxygen atoms in total. The number of urea groups is 1. The third-order valence-corrected chi connectivity index (χ3v) is 3.18. The molecule has 2 amide bonds. The lowest BCUT2D eigenvalue weighted by Gasteiger charge is -2.22. The molecule has 0 atom stereocenters. The number of aromatic nitrogens is 2. The lowest BCUT2D eigenvalue weighted by atomic mass is 10.2. The number of aromatic amines is 2. The second-order valence-corrected chi connectivity index (χ2v) is 4.81. The van der Waals surface area contributed by atoms with Crippen molar-refractivity contribution in [2.75, 3.05) is 11.4 Å². The van der Waals surface area contributed by atoms with E-state index in [0.29, 0.717) is 23.6 Å². The number of unbranched alkanes of at least 4 members (excludes halogenated alkanes) is 1. The molecule has 0 radical (unpaired) electrons. The molecular weight excluding hydrogens is 268 g/mol. The van der Waals surface area contributed by atoms with Crippen molar-refractivity contribution >= 4 is 17.4 Å². The number of hydrogen-bond donors (Lipinski definition) is 3. The number of aryl methyl sites for hydroxylation is 1. The fraction of sp³-hybridized carbons (Fsp3) is 0.333. The normalized spacial score (nSPS) is 10.4. The number of para-hydroxylation sites is 1. The van der Waals surface area contributed by atoms with E-state index in [1.54, 1.807) is 19.1 Å². The van der Waals surface area contributed by atoms with E-state index in [1.165, 1.54) is 4.90 Å². The van der Waals surface area contributed by atoms with Gasteiger partial charge in [-0.3, -0.25) is 14.8 Å².